The van der Waals surface area contributed by atoms with Crippen molar-refractivity contribution in [3.63, 3.8) is 0 Å². The van der Waals surface area contributed by atoms with Gasteiger partial charge in [-0.2, -0.15) is 5.10 Å². The zero-order chi connectivity index (χ0) is 25.4. The van der Waals surface area contributed by atoms with Gasteiger partial charge in [-0.25, -0.2) is 4.98 Å². The lowest BCUT2D eigenvalue weighted by Gasteiger charge is -2.41. The highest BCUT2D eigenvalue weighted by molar-refractivity contribution is 5.81. The number of methoxy groups -OCH3 is 1. The number of fused-ring (bicyclic) bond motifs is 3. The number of rotatable bonds is 7. The second-order valence-electron chi connectivity index (χ2n) is 9.79. The van der Waals surface area contributed by atoms with Crippen LogP contribution in [0.4, 0.5) is 0 Å². The van der Waals surface area contributed by atoms with Crippen molar-refractivity contribution in [2.75, 3.05) is 20.2 Å². The zero-order valence-corrected chi connectivity index (χ0v) is 21.0. The molecule has 2 fully saturated rings. The minimum Gasteiger partial charge on any atom is -0.439 e. The van der Waals surface area contributed by atoms with Crippen molar-refractivity contribution in [1.29, 1.82) is 0 Å². The molecule has 2 saturated heterocycles. The minimum absolute atomic E-state index is 0.0878. The largest absolute Gasteiger partial charge is 0.439 e. The minimum atomic E-state index is -0.390. The fourth-order valence-corrected chi connectivity index (χ4v) is 5.41. The number of amides is 1. The van der Waals surface area contributed by atoms with Crippen LogP contribution in [0.5, 0.6) is 11.6 Å². The Bertz CT molecular complexity index is 1380. The van der Waals surface area contributed by atoms with Crippen LogP contribution in [-0.4, -0.2) is 74.3 Å². The molecule has 1 unspecified atom stereocenters. The molecule has 6 rings (SSSR count). The molecule has 5 heterocycles. The number of nitrogens with zero attached hydrogens (tertiary/aromatic N) is 5. The molecule has 2 aliphatic rings. The Hall–Kier alpha value is -3.82. The van der Waals surface area contributed by atoms with Crippen molar-refractivity contribution in [3.8, 4) is 22.9 Å². The fourth-order valence-electron chi connectivity index (χ4n) is 5.41. The molecule has 37 heavy (non-hydrogen) atoms. The highest BCUT2D eigenvalue weighted by Gasteiger charge is 2.42. The standard InChI is InChI=1S/C28H30N6O3/c1-18(36-2)28(35)33-16-22-6-7-23(17-33)34(22)15-21-5-3-19-13-24(8-9-25(19)31-21)37-27-10-4-20(14-29-27)26-11-12-30-32-26/h3-5,8-14,18,22-23H,6-7,15-17H2,1-2H3,(H,30,32)/t18-,22+,23?/m0/s1. The first-order valence-corrected chi connectivity index (χ1v) is 12.7. The van der Waals surface area contributed by atoms with Crippen molar-refractivity contribution < 1.29 is 14.3 Å². The monoisotopic (exact) mass is 498 g/mol. The van der Waals surface area contributed by atoms with Crippen molar-refractivity contribution in [2.24, 2.45) is 0 Å². The molecule has 1 N–H and O–H groups in total. The van der Waals surface area contributed by atoms with E-state index < -0.39 is 0 Å². The Morgan fingerprint density at radius 3 is 2.65 bits per heavy atom. The lowest BCUT2D eigenvalue weighted by molar-refractivity contribution is -0.144. The summed E-state index contributed by atoms with van der Waals surface area (Å²) < 4.78 is 11.2. The molecule has 1 amide bonds. The molecule has 9 nitrogen and oxygen atoms in total. The number of piperazine rings is 1. The van der Waals surface area contributed by atoms with Crippen LogP contribution in [0.1, 0.15) is 25.5 Å². The molecule has 1 aromatic carbocycles. The van der Waals surface area contributed by atoms with Gasteiger partial charge in [-0.05, 0) is 56.2 Å². The van der Waals surface area contributed by atoms with E-state index in [1.165, 1.54) is 0 Å². The Labute approximate surface area is 215 Å². The van der Waals surface area contributed by atoms with Crippen LogP contribution in [0.3, 0.4) is 0 Å². The van der Waals surface area contributed by atoms with Crippen LogP contribution in [0.25, 0.3) is 22.2 Å². The molecule has 3 aromatic heterocycles. The predicted octanol–water partition coefficient (Wildman–Crippen LogP) is 4.02. The number of hydrogen-bond donors (Lipinski definition) is 1. The molecule has 0 aliphatic carbocycles. The molecule has 0 radical (unpaired) electrons. The van der Waals surface area contributed by atoms with Gasteiger partial charge in [0.2, 0.25) is 5.88 Å². The molecule has 0 spiro atoms. The number of aromatic amines is 1. The highest BCUT2D eigenvalue weighted by Crippen LogP contribution is 2.32. The first kappa shape index (κ1) is 23.6. The Kier molecular flexibility index (Phi) is 6.31. The first-order chi connectivity index (χ1) is 18.1. The Balaban J connectivity index is 1.12. The van der Waals surface area contributed by atoms with Crippen LogP contribution in [-0.2, 0) is 16.1 Å². The summed E-state index contributed by atoms with van der Waals surface area (Å²) in [4.78, 5) is 26.5. The fraction of sp³-hybridized carbons (Fsp3) is 0.357. The molecule has 4 aromatic rings. The van der Waals surface area contributed by atoms with Gasteiger partial charge in [-0.3, -0.25) is 19.8 Å². The normalized spacial score (nSPS) is 20.3. The van der Waals surface area contributed by atoms with Crippen LogP contribution in [0.2, 0.25) is 0 Å². The lowest BCUT2D eigenvalue weighted by atomic mass is 10.1. The van der Waals surface area contributed by atoms with E-state index >= 15 is 0 Å². The summed E-state index contributed by atoms with van der Waals surface area (Å²) in [6.45, 7) is 4.13. The molecule has 2 aliphatic heterocycles. The second kappa shape index (κ2) is 9.91. The molecule has 190 valence electrons. The predicted molar refractivity (Wildman–Crippen MR) is 139 cm³/mol. The second-order valence-corrected chi connectivity index (χ2v) is 9.79. The molecular weight excluding hydrogens is 468 g/mol. The molecule has 2 bridgehead atoms. The Morgan fingerprint density at radius 1 is 1.11 bits per heavy atom. The van der Waals surface area contributed by atoms with E-state index in [0.717, 1.165) is 60.3 Å². The van der Waals surface area contributed by atoms with E-state index in [4.69, 9.17) is 14.5 Å². The number of H-pyrrole nitrogens is 1. The Morgan fingerprint density at radius 2 is 1.95 bits per heavy atom. The third-order valence-corrected chi connectivity index (χ3v) is 7.48. The zero-order valence-electron chi connectivity index (χ0n) is 21.0. The number of pyridine rings is 2. The molecule has 0 saturated carbocycles. The molecule has 9 heteroatoms. The van der Waals surface area contributed by atoms with E-state index in [9.17, 15) is 4.79 Å². The number of hydrogen-bond acceptors (Lipinski definition) is 7. The van der Waals surface area contributed by atoms with Crippen LogP contribution >= 0.6 is 0 Å². The van der Waals surface area contributed by atoms with Gasteiger partial charge in [0.05, 0.1) is 16.9 Å². The van der Waals surface area contributed by atoms with Crippen molar-refractivity contribution in [3.05, 3.63) is 66.6 Å². The number of nitrogens with one attached hydrogen (secondary N) is 1. The maximum atomic E-state index is 12.6. The van der Waals surface area contributed by atoms with E-state index in [-0.39, 0.29) is 12.0 Å². The van der Waals surface area contributed by atoms with Crippen molar-refractivity contribution in [2.45, 2.75) is 44.5 Å². The summed E-state index contributed by atoms with van der Waals surface area (Å²) in [6, 6.07) is 16.5. The number of benzene rings is 1. The van der Waals surface area contributed by atoms with Gasteiger partial charge in [-0.1, -0.05) is 6.07 Å². The van der Waals surface area contributed by atoms with E-state index in [0.29, 0.717) is 23.7 Å². The molecule has 3 atom stereocenters. The SMILES string of the molecule is CO[C@@H](C)C(=O)N1CC2CC[C@H](C1)N2Cc1ccc2cc(Oc3ccc(-c4ccn[nH]4)cn3)ccc2n1. The maximum Gasteiger partial charge on any atom is 0.251 e. The van der Waals surface area contributed by atoms with Crippen molar-refractivity contribution in [1.82, 2.24) is 30.0 Å². The van der Waals surface area contributed by atoms with E-state index in [2.05, 4.69) is 32.2 Å². The first-order valence-electron chi connectivity index (χ1n) is 12.7. The van der Waals surface area contributed by atoms with Gasteiger partial charge in [-0.15, -0.1) is 0 Å². The van der Waals surface area contributed by atoms with Crippen molar-refractivity contribution >= 4 is 16.8 Å². The van der Waals surface area contributed by atoms with Gasteiger partial charge in [0.15, 0.2) is 0 Å². The summed E-state index contributed by atoms with van der Waals surface area (Å²) in [7, 11) is 1.59. The van der Waals surface area contributed by atoms with Crippen LogP contribution in [0.15, 0.2) is 60.9 Å². The topological polar surface area (TPSA) is 96.5 Å². The average molecular weight is 499 g/mol. The number of likely N-dealkylation sites (tertiary alicyclic amines) is 1. The van der Waals surface area contributed by atoms with Crippen LogP contribution < -0.4 is 4.74 Å². The summed E-state index contributed by atoms with van der Waals surface area (Å²) in [6.07, 6.45) is 5.31. The van der Waals surface area contributed by atoms with Gasteiger partial charge < -0.3 is 14.4 Å². The summed E-state index contributed by atoms with van der Waals surface area (Å²) in [5.41, 5.74) is 3.84. The van der Waals surface area contributed by atoms with Gasteiger partial charge in [0, 0.05) is 68.2 Å². The maximum absolute atomic E-state index is 12.6. The van der Waals surface area contributed by atoms with E-state index in [1.54, 1.807) is 19.5 Å². The lowest BCUT2D eigenvalue weighted by Crippen LogP contribution is -2.56. The summed E-state index contributed by atoms with van der Waals surface area (Å²) >= 11 is 0. The average Bonchev–Trinajstić information content (AvgIpc) is 3.54. The summed E-state index contributed by atoms with van der Waals surface area (Å²) in [5, 5.41) is 7.92. The number of carbonyl (C=O) groups excluding carboxylic acids is 1. The van der Waals surface area contributed by atoms with Gasteiger partial charge >= 0.3 is 0 Å². The summed E-state index contributed by atoms with van der Waals surface area (Å²) in [5.74, 6) is 1.33. The van der Waals surface area contributed by atoms with Gasteiger partial charge in [0.25, 0.3) is 5.91 Å². The third-order valence-electron chi connectivity index (χ3n) is 7.48. The highest BCUT2D eigenvalue weighted by atomic mass is 16.5. The smallest absolute Gasteiger partial charge is 0.251 e. The quantitative estimate of drug-likeness (QED) is 0.411. The molecular formula is C28H30N6O3. The third kappa shape index (κ3) is 4.80. The number of aromatic nitrogens is 4. The van der Waals surface area contributed by atoms with Gasteiger partial charge in [0.1, 0.15) is 11.9 Å². The van der Waals surface area contributed by atoms with Crippen LogP contribution in [0, 0.1) is 0 Å². The number of ether oxygens (including phenoxy) is 2. The number of carbonyl (C=O) groups is 1. The van der Waals surface area contributed by atoms with E-state index in [1.807, 2.05) is 48.2 Å².